The smallest absolute Gasteiger partial charge is 0.372 e. The molecule has 230 valence electrons. The maximum absolute atomic E-state index is 13.5. The molecule has 0 spiro atoms. The number of allylic oxidation sites excluding steroid dienone is 10. The molecule has 0 aromatic carbocycles. The van der Waals surface area contributed by atoms with Crippen molar-refractivity contribution in [1.29, 1.82) is 0 Å². The first-order valence-electron chi connectivity index (χ1n) is 13.6. The molecule has 0 aliphatic heterocycles. The topological polar surface area (TPSA) is 90.0 Å². The number of primary amides is 1. The number of carbonyl (C=O) groups is 1. The van der Waals surface area contributed by atoms with E-state index >= 15 is 0 Å². The van der Waals surface area contributed by atoms with Gasteiger partial charge in [0.25, 0.3) is 0 Å². The third-order valence-electron chi connectivity index (χ3n) is 4.95. The number of hydrogen-bond acceptors (Lipinski definition) is 4. The first-order chi connectivity index (χ1) is 20.1. The molecule has 0 radical (unpaired) electrons. The zero-order chi connectivity index (χ0) is 32.6. The zero-order valence-corrected chi connectivity index (χ0v) is 25.3. The van der Waals surface area contributed by atoms with Gasteiger partial charge in [0.05, 0.1) is 17.0 Å². The molecule has 9 heteroatoms. The van der Waals surface area contributed by atoms with Crippen LogP contribution in [0.2, 0.25) is 0 Å². The molecule has 0 bridgehead atoms. The van der Waals surface area contributed by atoms with Crippen molar-refractivity contribution in [2.24, 2.45) is 5.73 Å². The number of alkyl halides is 3. The van der Waals surface area contributed by atoms with Gasteiger partial charge in [0.15, 0.2) is 5.43 Å². The lowest BCUT2D eigenvalue weighted by Crippen LogP contribution is -2.21. The molecule has 1 atom stereocenters. The predicted octanol–water partition coefficient (Wildman–Crippen LogP) is 8.82. The Morgan fingerprint density at radius 3 is 2.24 bits per heavy atom. The molecule has 0 fully saturated rings. The fraction of sp³-hybridized carbons (Fsp3) is 0.303. The number of anilines is 1. The highest BCUT2D eigenvalue weighted by Gasteiger charge is 2.34. The summed E-state index contributed by atoms with van der Waals surface area (Å²) in [6, 6.07) is 1.65. The monoisotopic (exact) mass is 586 g/mol. The van der Waals surface area contributed by atoms with E-state index in [1.165, 1.54) is 6.07 Å². The molecule has 3 N–H and O–H groups in total. The summed E-state index contributed by atoms with van der Waals surface area (Å²) in [6.07, 6.45) is 17.7. The lowest BCUT2D eigenvalue weighted by Gasteiger charge is -2.23. The fourth-order valence-electron chi connectivity index (χ4n) is 3.31. The number of halogens is 3. The summed E-state index contributed by atoms with van der Waals surface area (Å²) < 4.78 is 42.3. The maximum Gasteiger partial charge on any atom is 0.417 e. The van der Waals surface area contributed by atoms with Crippen LogP contribution in [0.5, 0.6) is 0 Å². The third-order valence-corrected chi connectivity index (χ3v) is 4.95. The molecule has 1 aliphatic rings. The van der Waals surface area contributed by atoms with Crippen molar-refractivity contribution in [1.82, 2.24) is 9.55 Å². The molecule has 1 amide bonds. The number of nitrogens with zero attached hydrogens (tertiary/aromatic N) is 2. The normalized spacial score (nSPS) is 12.5. The largest absolute Gasteiger partial charge is 0.417 e. The number of amides is 1. The lowest BCUT2D eigenvalue weighted by atomic mass is 10.1. The van der Waals surface area contributed by atoms with Crippen LogP contribution >= 0.6 is 0 Å². The number of aromatic nitrogens is 2. The van der Waals surface area contributed by atoms with Gasteiger partial charge in [-0.05, 0) is 45.3 Å². The SMILES string of the molecule is C=C/C=C\C=C/C(C)n1c(NC2=CCCC=C2)cc(=O)c2c(C(F)(F)F)ccnc21.C=CC.C=CCC.CC.NC=O. The van der Waals surface area contributed by atoms with Gasteiger partial charge < -0.3 is 15.6 Å². The van der Waals surface area contributed by atoms with Crippen LogP contribution in [0.15, 0.2) is 109 Å². The molecule has 1 aliphatic carbocycles. The standard InChI is InChI=1S/C23H22F3N3O.C4H8.C3H6.C2H6.CH3NO/c1-3-4-5-7-10-16(2)29-20(28-17-11-8-6-9-12-17)15-19(30)21-18(23(24,25)26)13-14-27-22(21)29;1-3-4-2;1-3-2;1-2;2-1-3/h3-5,7-8,10-16,28H,1,6,9H2,2H3;3H,1,4H2,2H3;3H,1H2,2H3;1-2H3;1H,(H2,2,3)/b5-4-,10-7-;;;;. The van der Waals surface area contributed by atoms with Gasteiger partial charge in [0.1, 0.15) is 11.5 Å². The van der Waals surface area contributed by atoms with Crippen LogP contribution in [0.25, 0.3) is 11.0 Å². The number of carbonyl (C=O) groups excluding carboxylic acids is 1. The number of nitrogens with one attached hydrogen (secondary N) is 1. The highest BCUT2D eigenvalue weighted by molar-refractivity contribution is 5.82. The van der Waals surface area contributed by atoms with Crippen molar-refractivity contribution in [3.63, 3.8) is 0 Å². The average Bonchev–Trinajstić information content (AvgIpc) is 2.97. The van der Waals surface area contributed by atoms with E-state index in [2.05, 4.69) is 42.7 Å². The van der Waals surface area contributed by atoms with Crippen molar-refractivity contribution in [3.05, 3.63) is 120 Å². The maximum atomic E-state index is 13.5. The summed E-state index contributed by atoms with van der Waals surface area (Å²) in [5.41, 5.74) is 3.21. The van der Waals surface area contributed by atoms with Crippen molar-refractivity contribution >= 4 is 23.3 Å². The molecule has 2 aromatic rings. The van der Waals surface area contributed by atoms with Crippen LogP contribution in [0.4, 0.5) is 19.0 Å². The Labute approximate surface area is 248 Å². The van der Waals surface area contributed by atoms with Crippen molar-refractivity contribution < 1.29 is 18.0 Å². The molecule has 0 saturated heterocycles. The van der Waals surface area contributed by atoms with E-state index in [9.17, 15) is 18.0 Å². The second-order valence-corrected chi connectivity index (χ2v) is 8.07. The first-order valence-corrected chi connectivity index (χ1v) is 13.6. The summed E-state index contributed by atoms with van der Waals surface area (Å²) in [7, 11) is 0. The summed E-state index contributed by atoms with van der Waals surface area (Å²) >= 11 is 0. The van der Waals surface area contributed by atoms with Crippen molar-refractivity contribution in [2.45, 2.75) is 66.1 Å². The van der Waals surface area contributed by atoms with Gasteiger partial charge in [-0.25, -0.2) is 4.98 Å². The quantitative estimate of drug-likeness (QED) is 0.193. The molecular weight excluding hydrogens is 541 g/mol. The molecule has 42 heavy (non-hydrogen) atoms. The highest BCUT2D eigenvalue weighted by Crippen LogP contribution is 2.34. The van der Waals surface area contributed by atoms with Gasteiger partial charge in [0, 0.05) is 18.0 Å². The van der Waals surface area contributed by atoms with E-state index in [0.717, 1.165) is 37.2 Å². The van der Waals surface area contributed by atoms with E-state index in [4.69, 9.17) is 4.79 Å². The van der Waals surface area contributed by atoms with Gasteiger partial charge >= 0.3 is 6.18 Å². The average molecular weight is 587 g/mol. The van der Waals surface area contributed by atoms with Crippen LogP contribution in [0, 0.1) is 0 Å². The van der Waals surface area contributed by atoms with Gasteiger partial charge in [-0.2, -0.15) is 13.2 Å². The van der Waals surface area contributed by atoms with E-state index in [1.807, 2.05) is 58.1 Å². The molecule has 1 unspecified atom stereocenters. The Hall–Kier alpha value is -4.40. The molecule has 3 rings (SSSR count). The van der Waals surface area contributed by atoms with E-state index < -0.39 is 22.6 Å². The Balaban J connectivity index is 0. The zero-order valence-electron chi connectivity index (χ0n) is 25.3. The first kappa shape index (κ1) is 39.7. The minimum atomic E-state index is -4.66. The number of fused-ring (bicyclic) bond motifs is 1. The van der Waals surface area contributed by atoms with Gasteiger partial charge in [0.2, 0.25) is 6.41 Å². The van der Waals surface area contributed by atoms with E-state index in [0.29, 0.717) is 5.82 Å². The van der Waals surface area contributed by atoms with Crippen LogP contribution in [0.3, 0.4) is 0 Å². The van der Waals surface area contributed by atoms with Crippen molar-refractivity contribution in [2.75, 3.05) is 5.32 Å². The van der Waals surface area contributed by atoms with Crippen LogP contribution in [-0.2, 0) is 11.0 Å². The molecule has 2 heterocycles. The predicted molar refractivity (Wildman–Crippen MR) is 172 cm³/mol. The van der Waals surface area contributed by atoms with E-state index in [-0.39, 0.29) is 18.1 Å². The number of hydrogen-bond donors (Lipinski definition) is 2. The minimum Gasteiger partial charge on any atom is -0.372 e. The number of pyridine rings is 2. The Morgan fingerprint density at radius 1 is 1.17 bits per heavy atom. The minimum absolute atomic E-state index is 0.0231. The summed E-state index contributed by atoms with van der Waals surface area (Å²) in [5.74, 6) is 0.377. The lowest BCUT2D eigenvalue weighted by molar-refractivity contribution is -0.136. The number of rotatable bonds is 7. The molecule has 0 saturated carbocycles. The van der Waals surface area contributed by atoms with Crippen LogP contribution in [0.1, 0.15) is 65.5 Å². The van der Waals surface area contributed by atoms with Gasteiger partial charge in [-0.1, -0.05) is 82.0 Å². The van der Waals surface area contributed by atoms with Gasteiger partial charge in [-0.15, -0.1) is 13.2 Å². The molecular formula is C33H45F3N4O2. The number of nitrogens with two attached hydrogens (primary N) is 1. The second kappa shape index (κ2) is 23.3. The summed E-state index contributed by atoms with van der Waals surface area (Å²) in [6.45, 7) is 20.2. The van der Waals surface area contributed by atoms with Crippen LogP contribution in [-0.4, -0.2) is 16.0 Å². The second-order valence-electron chi connectivity index (χ2n) is 8.07. The fourth-order valence-corrected chi connectivity index (χ4v) is 3.31. The summed E-state index contributed by atoms with van der Waals surface area (Å²) in [4.78, 5) is 25.4. The highest BCUT2D eigenvalue weighted by atomic mass is 19.4. The molecule has 6 nitrogen and oxygen atoms in total. The third kappa shape index (κ3) is 14.3. The molecule has 2 aromatic heterocycles. The van der Waals surface area contributed by atoms with Crippen molar-refractivity contribution in [3.8, 4) is 0 Å². The Kier molecular flexibility index (Phi) is 22.1. The summed E-state index contributed by atoms with van der Waals surface area (Å²) in [5, 5.41) is 2.73. The van der Waals surface area contributed by atoms with Crippen LogP contribution < -0.4 is 16.5 Å². The Morgan fingerprint density at radius 2 is 1.76 bits per heavy atom. The van der Waals surface area contributed by atoms with Gasteiger partial charge in [-0.3, -0.25) is 9.59 Å². The Bertz CT molecular complexity index is 1280. The van der Waals surface area contributed by atoms with E-state index in [1.54, 1.807) is 34.9 Å².